The summed E-state index contributed by atoms with van der Waals surface area (Å²) in [6, 6.07) is 17.2. The van der Waals surface area contributed by atoms with Gasteiger partial charge in [0, 0.05) is 0 Å². The molecule has 0 unspecified atom stereocenters. The molecule has 0 amide bonds. The molecule has 0 radical (unpaired) electrons. The molecule has 0 N–H and O–H groups in total. The van der Waals surface area contributed by atoms with E-state index in [1.807, 2.05) is 0 Å². The standard InChI is InChI=1S/C13H9BrNTe.BF4/c14-11-5-7-12(8-6-11)15-9-10-3-1-2-4-13(10)16-15;2-1(3,4)5/h1-9H;/q+1;-1. The van der Waals surface area contributed by atoms with Crippen LogP contribution in [0.1, 0.15) is 0 Å². The first-order valence-electron chi connectivity index (χ1n) is 5.87. The number of rotatable bonds is 1. The molecule has 8 heteroatoms. The third-order valence-electron chi connectivity index (χ3n) is 2.45. The van der Waals surface area contributed by atoms with Crippen LogP contribution in [0.25, 0.3) is 14.5 Å². The summed E-state index contributed by atoms with van der Waals surface area (Å²) in [4.78, 5) is 0. The van der Waals surface area contributed by atoms with Crippen molar-refractivity contribution in [2.24, 2.45) is 0 Å². The zero-order chi connectivity index (χ0) is 15.5. The fraction of sp³-hybridized carbons (Fsp3) is 0. The van der Waals surface area contributed by atoms with E-state index in [1.165, 1.54) is 14.5 Å². The Kier molecular flexibility index (Phi) is 5.47. The average Bonchev–Trinajstić information content (AvgIpc) is 2.81. The molecule has 21 heavy (non-hydrogen) atoms. The number of fused-ring (bicyclic) bond motifs is 1. The van der Waals surface area contributed by atoms with Gasteiger partial charge in [-0.05, 0) is 0 Å². The molecule has 1 aromatic heterocycles. The van der Waals surface area contributed by atoms with Gasteiger partial charge in [0.1, 0.15) is 0 Å². The van der Waals surface area contributed by atoms with Crippen LogP contribution in [0.2, 0.25) is 0 Å². The minimum Gasteiger partial charge on any atom is -0.418 e. The second kappa shape index (κ2) is 6.95. The van der Waals surface area contributed by atoms with E-state index in [9.17, 15) is 17.3 Å². The number of nitrogens with zero attached hydrogens (tertiary/aromatic N) is 1. The van der Waals surface area contributed by atoms with E-state index >= 15 is 0 Å². The molecule has 3 rings (SSSR count). The van der Waals surface area contributed by atoms with Crippen molar-refractivity contribution in [1.29, 1.82) is 0 Å². The van der Waals surface area contributed by atoms with Crippen molar-refractivity contribution in [3.8, 4) is 5.69 Å². The quantitative estimate of drug-likeness (QED) is 0.368. The molecule has 0 saturated heterocycles. The second-order valence-electron chi connectivity index (χ2n) is 4.06. The van der Waals surface area contributed by atoms with Crippen LogP contribution in [0.3, 0.4) is 0 Å². The van der Waals surface area contributed by atoms with E-state index in [1.54, 1.807) is 0 Å². The van der Waals surface area contributed by atoms with Crippen molar-refractivity contribution in [3.05, 3.63) is 59.2 Å². The van der Waals surface area contributed by atoms with Gasteiger partial charge in [-0.25, -0.2) is 0 Å². The van der Waals surface area contributed by atoms with Crippen molar-refractivity contribution in [3.63, 3.8) is 0 Å². The summed E-state index contributed by atoms with van der Waals surface area (Å²) in [6.45, 7) is 0. The fourth-order valence-corrected chi connectivity index (χ4v) is 4.68. The molecule has 0 saturated carbocycles. The third kappa shape index (κ3) is 5.46. The van der Waals surface area contributed by atoms with Crippen molar-refractivity contribution in [1.82, 2.24) is 0 Å². The van der Waals surface area contributed by atoms with Gasteiger partial charge < -0.3 is 17.3 Å². The van der Waals surface area contributed by atoms with Gasteiger partial charge in [-0.3, -0.25) is 0 Å². The Labute approximate surface area is 137 Å². The van der Waals surface area contributed by atoms with Gasteiger partial charge >= 0.3 is 120 Å². The zero-order valence-corrected chi connectivity index (χ0v) is 14.4. The van der Waals surface area contributed by atoms with Crippen LogP contribution >= 0.6 is 15.9 Å². The van der Waals surface area contributed by atoms with Crippen molar-refractivity contribution >= 4 is 52.7 Å². The number of benzene rings is 2. The molecule has 0 bridgehead atoms. The van der Waals surface area contributed by atoms with Crippen molar-refractivity contribution in [2.45, 2.75) is 0 Å². The predicted molar refractivity (Wildman–Crippen MR) is 80.3 cm³/mol. The molecule has 1 nitrogen and oxygen atoms in total. The molecule has 0 aliphatic carbocycles. The first kappa shape index (κ1) is 16.5. The Morgan fingerprint density at radius 2 is 1.48 bits per heavy atom. The summed E-state index contributed by atoms with van der Waals surface area (Å²) < 4.78 is 44.1. The van der Waals surface area contributed by atoms with E-state index in [-0.39, 0.29) is 20.7 Å². The molecule has 1 heterocycles. The number of hydrogen-bond donors (Lipinski definition) is 0. The van der Waals surface area contributed by atoms with Crippen LogP contribution in [-0.2, 0) is 0 Å². The van der Waals surface area contributed by atoms with Gasteiger partial charge in [0.05, 0.1) is 0 Å². The molecule has 2 aromatic carbocycles. The maximum Gasteiger partial charge on any atom is 0.673 e. The summed E-state index contributed by atoms with van der Waals surface area (Å²) in [5.74, 6) is 0. The predicted octanol–water partition coefficient (Wildman–Crippen LogP) is 4.24. The smallest absolute Gasteiger partial charge is 0.418 e. The largest absolute Gasteiger partial charge is 0.673 e. The molecule has 3 aromatic rings. The van der Waals surface area contributed by atoms with E-state index < -0.39 is 7.25 Å². The average molecular weight is 474 g/mol. The van der Waals surface area contributed by atoms with Gasteiger partial charge in [0.25, 0.3) is 0 Å². The molecule has 0 spiro atoms. The fourth-order valence-electron chi connectivity index (χ4n) is 1.64. The number of hydrogen-bond acceptors (Lipinski definition) is 0. The minimum absolute atomic E-state index is 0.259. The van der Waals surface area contributed by atoms with E-state index in [0.717, 1.165) is 4.47 Å². The second-order valence-corrected chi connectivity index (χ2v) is 7.87. The molecule has 0 aliphatic heterocycles. The Bertz CT molecular complexity index is 688. The molecular weight excluding hydrogens is 464 g/mol. The molecule has 0 fully saturated rings. The zero-order valence-electron chi connectivity index (χ0n) is 10.5. The number of halogens is 5. The third-order valence-corrected chi connectivity index (χ3v) is 6.07. The summed E-state index contributed by atoms with van der Waals surface area (Å²) in [7, 11) is -6.00. The summed E-state index contributed by atoms with van der Waals surface area (Å²) in [5.41, 5.74) is 1.29. The van der Waals surface area contributed by atoms with Crippen molar-refractivity contribution in [2.75, 3.05) is 0 Å². The van der Waals surface area contributed by atoms with Crippen LogP contribution in [0.15, 0.2) is 59.2 Å². The Hall–Kier alpha value is -0.835. The molecule has 110 valence electrons. The molecule has 0 atom stereocenters. The maximum absolute atomic E-state index is 9.75. The summed E-state index contributed by atoms with van der Waals surface area (Å²) in [6.07, 6.45) is 2.26. The van der Waals surface area contributed by atoms with Gasteiger partial charge in [-0.1, -0.05) is 0 Å². The van der Waals surface area contributed by atoms with Crippen LogP contribution < -0.4 is 2.79 Å². The van der Waals surface area contributed by atoms with Gasteiger partial charge in [-0.2, -0.15) is 0 Å². The first-order chi connectivity index (χ1) is 9.83. The molecular formula is C13H9BBrF4NTe. The van der Waals surface area contributed by atoms with Crippen LogP contribution in [0.4, 0.5) is 17.3 Å². The topological polar surface area (TPSA) is 3.88 Å². The van der Waals surface area contributed by atoms with E-state index in [4.69, 9.17) is 0 Å². The van der Waals surface area contributed by atoms with Crippen LogP contribution in [0.5, 0.6) is 0 Å². The van der Waals surface area contributed by atoms with E-state index in [0.29, 0.717) is 0 Å². The summed E-state index contributed by atoms with van der Waals surface area (Å²) in [5, 5.41) is 1.38. The monoisotopic (exact) mass is 475 g/mol. The van der Waals surface area contributed by atoms with Gasteiger partial charge in [0.15, 0.2) is 0 Å². The van der Waals surface area contributed by atoms with E-state index in [2.05, 4.69) is 73.4 Å². The SMILES string of the molecule is Brc1ccc(-[n+]2cc3ccccc3[te]2)cc1.F[B-](F)(F)F. The normalized spacial score (nSPS) is 11.1. The van der Waals surface area contributed by atoms with Crippen LogP contribution in [-0.4, -0.2) is 28.0 Å². The van der Waals surface area contributed by atoms with Crippen LogP contribution in [0, 0.1) is 0 Å². The van der Waals surface area contributed by atoms with Gasteiger partial charge in [0.2, 0.25) is 0 Å². The first-order valence-corrected chi connectivity index (χ1v) is 8.87. The Balaban J connectivity index is 0.000000282. The minimum atomic E-state index is -6.00. The molecule has 0 aliphatic rings. The van der Waals surface area contributed by atoms with Crippen molar-refractivity contribution < 1.29 is 20.1 Å². The maximum atomic E-state index is 9.75. The summed E-state index contributed by atoms with van der Waals surface area (Å²) >= 11 is 3.21. The Morgan fingerprint density at radius 3 is 2.05 bits per heavy atom. The number of aromatic nitrogens is 1. The van der Waals surface area contributed by atoms with Gasteiger partial charge in [-0.15, -0.1) is 0 Å². The Morgan fingerprint density at radius 1 is 0.905 bits per heavy atom.